The molecule has 1 aliphatic heterocycles. The number of rotatable bonds is 6. The van der Waals surface area contributed by atoms with E-state index in [1.165, 1.54) is 5.56 Å². The molecular weight excluding hydrogens is 356 g/mol. The van der Waals surface area contributed by atoms with Crippen LogP contribution in [0.4, 0.5) is 0 Å². The van der Waals surface area contributed by atoms with Crippen molar-refractivity contribution in [3.8, 4) is 0 Å². The Morgan fingerprint density at radius 2 is 1.93 bits per heavy atom. The van der Waals surface area contributed by atoms with Gasteiger partial charge < -0.3 is 15.0 Å². The van der Waals surface area contributed by atoms with Crippen molar-refractivity contribution in [1.82, 2.24) is 20.0 Å². The first-order valence-corrected chi connectivity index (χ1v) is 10.5. The number of hydrogen-bond acceptors (Lipinski definition) is 4. The molecule has 7 nitrogen and oxygen atoms in total. The molecule has 28 heavy (non-hydrogen) atoms. The predicted octanol–water partition coefficient (Wildman–Crippen LogP) is 1.36. The maximum absolute atomic E-state index is 12.6. The number of hydrogen-bond donors (Lipinski definition) is 1. The van der Waals surface area contributed by atoms with Crippen molar-refractivity contribution in [3.05, 3.63) is 17.0 Å². The third-order valence-corrected chi connectivity index (χ3v) is 7.20. The number of nitrogens with zero attached hydrogens (tertiary/aromatic N) is 3. The molecule has 0 radical (unpaired) electrons. The van der Waals surface area contributed by atoms with E-state index in [0.29, 0.717) is 18.3 Å². The van der Waals surface area contributed by atoms with Crippen LogP contribution in [0.25, 0.3) is 0 Å². The monoisotopic (exact) mass is 388 g/mol. The molecule has 0 aromatic carbocycles. The first-order chi connectivity index (χ1) is 13.4. The summed E-state index contributed by atoms with van der Waals surface area (Å²) in [7, 11) is 3.64. The fourth-order valence-electron chi connectivity index (χ4n) is 5.29. The molecule has 1 aromatic heterocycles. The topological polar surface area (TPSA) is 76.5 Å². The average molecular weight is 389 g/mol. The summed E-state index contributed by atoms with van der Waals surface area (Å²) >= 11 is 0. The van der Waals surface area contributed by atoms with Crippen molar-refractivity contribution in [2.45, 2.75) is 58.1 Å². The van der Waals surface area contributed by atoms with Gasteiger partial charge in [-0.2, -0.15) is 5.10 Å². The summed E-state index contributed by atoms with van der Waals surface area (Å²) in [5.41, 5.74) is 3.34. The Morgan fingerprint density at radius 3 is 2.54 bits per heavy atom. The van der Waals surface area contributed by atoms with Crippen LogP contribution < -0.4 is 5.32 Å². The molecule has 3 aliphatic rings. The van der Waals surface area contributed by atoms with Gasteiger partial charge in [0.25, 0.3) is 0 Å². The second-order valence-electron chi connectivity index (χ2n) is 8.75. The number of aryl methyl sites for hydroxylation is 2. The zero-order valence-corrected chi connectivity index (χ0v) is 17.4. The van der Waals surface area contributed by atoms with Gasteiger partial charge in [0.05, 0.1) is 17.7 Å². The van der Waals surface area contributed by atoms with E-state index in [-0.39, 0.29) is 29.9 Å². The summed E-state index contributed by atoms with van der Waals surface area (Å²) in [6.07, 6.45) is 4.30. The minimum Gasteiger partial charge on any atom is -0.381 e. The molecule has 3 unspecified atom stereocenters. The van der Waals surface area contributed by atoms with Crippen LogP contribution in [0.15, 0.2) is 0 Å². The normalized spacial score (nSPS) is 31.1. The molecule has 154 valence electrons. The second-order valence-corrected chi connectivity index (χ2v) is 8.75. The molecule has 2 saturated carbocycles. The van der Waals surface area contributed by atoms with Crippen LogP contribution in [-0.2, 0) is 27.8 Å². The molecule has 4 rings (SSSR count). The number of methoxy groups -OCH3 is 1. The van der Waals surface area contributed by atoms with Gasteiger partial charge in [-0.1, -0.05) is 0 Å². The molecule has 1 N–H and O–H groups in total. The largest absolute Gasteiger partial charge is 0.381 e. The highest BCUT2D eigenvalue weighted by atomic mass is 16.5. The van der Waals surface area contributed by atoms with Crippen LogP contribution in [0, 0.1) is 31.6 Å². The predicted molar refractivity (Wildman–Crippen MR) is 105 cm³/mol. The lowest BCUT2D eigenvalue weighted by atomic mass is 10.0. The SMILES string of the molecule is COC1CCCC1C(=O)NC1[C@H]2CN(C(=O)CCc3c(C)nn(C)c3C)C[C@@H]12. The lowest BCUT2D eigenvalue weighted by molar-refractivity contribution is -0.130. The first kappa shape index (κ1) is 19.4. The van der Waals surface area contributed by atoms with Gasteiger partial charge in [0.15, 0.2) is 0 Å². The van der Waals surface area contributed by atoms with Crippen molar-refractivity contribution in [2.75, 3.05) is 20.2 Å². The van der Waals surface area contributed by atoms with E-state index in [1.54, 1.807) is 7.11 Å². The fourth-order valence-corrected chi connectivity index (χ4v) is 5.29. The number of amides is 2. The third-order valence-electron chi connectivity index (χ3n) is 7.20. The van der Waals surface area contributed by atoms with Crippen LogP contribution in [0.5, 0.6) is 0 Å². The van der Waals surface area contributed by atoms with Crippen LogP contribution in [0.1, 0.15) is 42.6 Å². The molecule has 1 aromatic rings. The first-order valence-electron chi connectivity index (χ1n) is 10.5. The molecule has 7 heteroatoms. The van der Waals surface area contributed by atoms with Crippen molar-refractivity contribution in [1.29, 1.82) is 0 Å². The summed E-state index contributed by atoms with van der Waals surface area (Å²) in [6.45, 7) is 5.61. The van der Waals surface area contributed by atoms with E-state index < -0.39 is 0 Å². The smallest absolute Gasteiger partial charge is 0.225 e. The number of ether oxygens (including phenoxy) is 1. The standard InChI is InChI=1S/C21H32N4O3/c1-12-14(13(2)24(3)23-12)8-9-19(26)25-10-16-17(11-25)20(16)22-21(27)15-6-5-7-18(15)28-4/h15-18,20H,5-11H2,1-4H3,(H,22,27)/t15?,16-,17+,18?,20?. The number of nitrogens with one attached hydrogen (secondary N) is 1. The van der Waals surface area contributed by atoms with E-state index in [1.807, 2.05) is 23.6 Å². The third kappa shape index (κ3) is 3.45. The van der Waals surface area contributed by atoms with E-state index in [2.05, 4.69) is 17.3 Å². The van der Waals surface area contributed by atoms with E-state index in [4.69, 9.17) is 4.74 Å². The van der Waals surface area contributed by atoms with Crippen molar-refractivity contribution >= 4 is 11.8 Å². The minimum absolute atomic E-state index is 0.00461. The lowest BCUT2D eigenvalue weighted by Gasteiger charge is -2.22. The molecule has 0 spiro atoms. The molecule has 2 heterocycles. The molecule has 1 saturated heterocycles. The van der Waals surface area contributed by atoms with Crippen LogP contribution in [-0.4, -0.2) is 58.8 Å². The Labute approximate surface area is 166 Å². The van der Waals surface area contributed by atoms with Gasteiger partial charge in [0.1, 0.15) is 0 Å². The van der Waals surface area contributed by atoms with Gasteiger partial charge in [-0.3, -0.25) is 14.3 Å². The van der Waals surface area contributed by atoms with Gasteiger partial charge in [-0.05, 0) is 45.1 Å². The molecular formula is C21H32N4O3. The lowest BCUT2D eigenvalue weighted by Crippen LogP contribution is -2.41. The van der Waals surface area contributed by atoms with Crippen molar-refractivity contribution < 1.29 is 14.3 Å². The number of fused-ring (bicyclic) bond motifs is 1. The Kier molecular flexibility index (Phi) is 5.21. The summed E-state index contributed by atoms with van der Waals surface area (Å²) in [5, 5.41) is 7.66. The summed E-state index contributed by atoms with van der Waals surface area (Å²) in [4.78, 5) is 27.2. The van der Waals surface area contributed by atoms with E-state index >= 15 is 0 Å². The Balaban J connectivity index is 1.23. The number of aromatic nitrogens is 2. The second kappa shape index (κ2) is 7.50. The van der Waals surface area contributed by atoms with Gasteiger partial charge >= 0.3 is 0 Å². The number of carbonyl (C=O) groups excluding carboxylic acids is 2. The summed E-state index contributed by atoms with van der Waals surface area (Å²) in [6, 6.07) is 0.248. The number of likely N-dealkylation sites (tertiary alicyclic amines) is 1. The van der Waals surface area contributed by atoms with Crippen molar-refractivity contribution in [3.63, 3.8) is 0 Å². The Hall–Kier alpha value is -1.89. The Morgan fingerprint density at radius 1 is 1.21 bits per heavy atom. The zero-order valence-electron chi connectivity index (χ0n) is 17.4. The number of carbonyl (C=O) groups is 2. The number of piperidine rings is 1. The minimum atomic E-state index is -0.00461. The average Bonchev–Trinajstić information content (AvgIpc) is 3.10. The summed E-state index contributed by atoms with van der Waals surface area (Å²) in [5.74, 6) is 1.21. The maximum Gasteiger partial charge on any atom is 0.225 e. The molecule has 2 aliphatic carbocycles. The highest BCUT2D eigenvalue weighted by Crippen LogP contribution is 2.46. The van der Waals surface area contributed by atoms with Gasteiger partial charge in [0, 0.05) is 57.2 Å². The molecule has 3 fully saturated rings. The highest BCUT2D eigenvalue weighted by molar-refractivity contribution is 5.81. The molecule has 2 amide bonds. The molecule has 0 bridgehead atoms. The van der Waals surface area contributed by atoms with Crippen LogP contribution in [0.2, 0.25) is 0 Å². The van der Waals surface area contributed by atoms with E-state index in [0.717, 1.165) is 50.2 Å². The van der Waals surface area contributed by atoms with Crippen molar-refractivity contribution in [2.24, 2.45) is 24.8 Å². The van der Waals surface area contributed by atoms with Gasteiger partial charge in [0.2, 0.25) is 11.8 Å². The molecule has 5 atom stereocenters. The maximum atomic E-state index is 12.6. The van der Waals surface area contributed by atoms with Gasteiger partial charge in [-0.25, -0.2) is 0 Å². The highest BCUT2D eigenvalue weighted by Gasteiger charge is 2.57. The Bertz CT molecular complexity index is 762. The van der Waals surface area contributed by atoms with Crippen LogP contribution in [0.3, 0.4) is 0 Å². The van der Waals surface area contributed by atoms with E-state index in [9.17, 15) is 9.59 Å². The quantitative estimate of drug-likeness (QED) is 0.798. The van der Waals surface area contributed by atoms with Gasteiger partial charge in [-0.15, -0.1) is 0 Å². The van der Waals surface area contributed by atoms with Crippen LogP contribution >= 0.6 is 0 Å². The summed E-state index contributed by atoms with van der Waals surface area (Å²) < 4.78 is 7.33. The fraction of sp³-hybridized carbons (Fsp3) is 0.762. The zero-order chi connectivity index (χ0) is 20.0.